The van der Waals surface area contributed by atoms with Crippen molar-refractivity contribution < 1.29 is 9.59 Å². The van der Waals surface area contributed by atoms with Crippen molar-refractivity contribution in [3.8, 4) is 0 Å². The fourth-order valence-electron chi connectivity index (χ4n) is 4.06. The van der Waals surface area contributed by atoms with E-state index in [1.54, 1.807) is 17.1 Å². The summed E-state index contributed by atoms with van der Waals surface area (Å²) in [5.74, 6) is 0.120. The minimum atomic E-state index is -0.477. The monoisotopic (exact) mass is 333 g/mol. The Labute approximate surface area is 143 Å². The lowest BCUT2D eigenvalue weighted by Gasteiger charge is -2.45. The predicted molar refractivity (Wildman–Crippen MR) is 91.5 cm³/mol. The van der Waals surface area contributed by atoms with Crippen LogP contribution in [0.1, 0.15) is 39.5 Å². The molecule has 7 heteroatoms. The number of carbonyl (C=O) groups excluding carboxylic acids is 2. The largest absolute Gasteiger partial charge is 0.339 e. The van der Waals surface area contributed by atoms with Crippen LogP contribution in [0.5, 0.6) is 0 Å². The zero-order chi connectivity index (χ0) is 17.3. The second kappa shape index (κ2) is 6.55. The molecule has 0 aromatic carbocycles. The second-order valence-electron chi connectivity index (χ2n) is 7.20. The molecule has 2 amide bonds. The van der Waals surface area contributed by atoms with Gasteiger partial charge in [-0.15, -0.1) is 0 Å². The Kier molecular flexibility index (Phi) is 4.62. The lowest BCUT2D eigenvalue weighted by molar-refractivity contribution is -0.149. The summed E-state index contributed by atoms with van der Waals surface area (Å²) in [6, 6.07) is 0.210. The molecular formula is C17H27N5O2. The summed E-state index contributed by atoms with van der Waals surface area (Å²) in [5, 5.41) is 6.93. The standard InChI is InChI=1S/C17H27N5O2/c1-13(2)22-9-5-7-17(16(22)24)6-4-8-21(17)12-15(23)19-14-10-18-20(3)11-14/h10-11,13H,4-9,12H2,1-3H3,(H,19,23). The number of nitrogens with zero attached hydrogens (tertiary/aromatic N) is 4. The van der Waals surface area contributed by atoms with Crippen molar-refractivity contribution in [2.75, 3.05) is 25.0 Å². The van der Waals surface area contributed by atoms with E-state index in [9.17, 15) is 9.59 Å². The molecule has 2 saturated heterocycles. The van der Waals surface area contributed by atoms with Crippen LogP contribution < -0.4 is 5.32 Å². The summed E-state index contributed by atoms with van der Waals surface area (Å²) in [6.07, 6.45) is 7.08. The molecule has 1 aromatic heterocycles. The number of nitrogens with one attached hydrogen (secondary N) is 1. The molecule has 0 bridgehead atoms. The van der Waals surface area contributed by atoms with Crippen LogP contribution >= 0.6 is 0 Å². The average molecular weight is 333 g/mol. The zero-order valence-electron chi connectivity index (χ0n) is 14.8. The first kappa shape index (κ1) is 17.0. The third-order valence-corrected chi connectivity index (χ3v) is 5.22. The Morgan fingerprint density at radius 3 is 2.67 bits per heavy atom. The number of piperidine rings is 1. The van der Waals surface area contributed by atoms with Crippen LogP contribution in [-0.2, 0) is 16.6 Å². The van der Waals surface area contributed by atoms with Crippen LogP contribution in [-0.4, -0.2) is 62.6 Å². The minimum absolute atomic E-state index is 0.0845. The molecule has 2 aliphatic rings. The Morgan fingerprint density at radius 2 is 2.04 bits per heavy atom. The third kappa shape index (κ3) is 3.05. The van der Waals surface area contributed by atoms with Gasteiger partial charge in [0.2, 0.25) is 11.8 Å². The molecule has 7 nitrogen and oxygen atoms in total. The fourth-order valence-corrected chi connectivity index (χ4v) is 4.06. The molecule has 1 N–H and O–H groups in total. The molecule has 1 spiro atoms. The van der Waals surface area contributed by atoms with Crippen LogP contribution in [0.25, 0.3) is 0 Å². The van der Waals surface area contributed by atoms with Crippen molar-refractivity contribution in [1.82, 2.24) is 19.6 Å². The van der Waals surface area contributed by atoms with Crippen LogP contribution in [0.3, 0.4) is 0 Å². The van der Waals surface area contributed by atoms with Crippen molar-refractivity contribution in [2.45, 2.75) is 51.1 Å². The summed E-state index contributed by atoms with van der Waals surface area (Å²) < 4.78 is 1.65. The fraction of sp³-hybridized carbons (Fsp3) is 0.706. The van der Waals surface area contributed by atoms with Crippen LogP contribution in [0.15, 0.2) is 12.4 Å². The van der Waals surface area contributed by atoms with Gasteiger partial charge in [0.25, 0.3) is 0 Å². The van der Waals surface area contributed by atoms with E-state index in [2.05, 4.69) is 29.2 Å². The molecule has 2 fully saturated rings. The Hall–Kier alpha value is -1.89. The molecule has 24 heavy (non-hydrogen) atoms. The van der Waals surface area contributed by atoms with Gasteiger partial charge < -0.3 is 10.2 Å². The van der Waals surface area contributed by atoms with Crippen LogP contribution in [0.2, 0.25) is 0 Å². The first-order valence-corrected chi connectivity index (χ1v) is 8.77. The van der Waals surface area contributed by atoms with Gasteiger partial charge in [0.05, 0.1) is 18.4 Å². The summed E-state index contributed by atoms with van der Waals surface area (Å²) in [7, 11) is 1.81. The molecule has 1 unspecified atom stereocenters. The van der Waals surface area contributed by atoms with Crippen LogP contribution in [0, 0.1) is 0 Å². The van der Waals surface area contributed by atoms with E-state index < -0.39 is 5.54 Å². The number of hydrogen-bond donors (Lipinski definition) is 1. The predicted octanol–water partition coefficient (Wildman–Crippen LogP) is 1.22. The Morgan fingerprint density at radius 1 is 1.33 bits per heavy atom. The highest BCUT2D eigenvalue weighted by molar-refractivity contribution is 5.93. The van der Waals surface area contributed by atoms with E-state index >= 15 is 0 Å². The van der Waals surface area contributed by atoms with Gasteiger partial charge in [-0.1, -0.05) is 0 Å². The molecule has 3 heterocycles. The highest BCUT2D eigenvalue weighted by Gasteiger charge is 2.51. The molecule has 3 rings (SSSR count). The lowest BCUT2D eigenvalue weighted by Crippen LogP contribution is -2.62. The number of aromatic nitrogens is 2. The molecule has 0 saturated carbocycles. The molecule has 132 valence electrons. The normalized spacial score (nSPS) is 25.0. The van der Waals surface area contributed by atoms with Crippen molar-refractivity contribution in [3.63, 3.8) is 0 Å². The number of carbonyl (C=O) groups is 2. The maximum Gasteiger partial charge on any atom is 0.243 e. The average Bonchev–Trinajstić information content (AvgIpc) is 3.09. The summed E-state index contributed by atoms with van der Waals surface area (Å²) in [4.78, 5) is 29.6. The van der Waals surface area contributed by atoms with Gasteiger partial charge >= 0.3 is 0 Å². The first-order valence-electron chi connectivity index (χ1n) is 8.77. The van der Waals surface area contributed by atoms with Gasteiger partial charge in [0.15, 0.2) is 0 Å². The number of anilines is 1. The maximum absolute atomic E-state index is 13.1. The van der Waals surface area contributed by atoms with Gasteiger partial charge in [0.1, 0.15) is 5.54 Å². The number of hydrogen-bond acceptors (Lipinski definition) is 4. The maximum atomic E-state index is 13.1. The van der Waals surface area contributed by atoms with E-state index in [1.165, 1.54) is 0 Å². The van der Waals surface area contributed by atoms with E-state index in [4.69, 9.17) is 0 Å². The molecule has 1 aromatic rings. The number of aryl methyl sites for hydroxylation is 1. The summed E-state index contributed by atoms with van der Waals surface area (Å²) in [6.45, 7) is 6.01. The van der Waals surface area contributed by atoms with Crippen LogP contribution in [0.4, 0.5) is 5.69 Å². The summed E-state index contributed by atoms with van der Waals surface area (Å²) >= 11 is 0. The van der Waals surface area contributed by atoms with Gasteiger partial charge in [-0.2, -0.15) is 5.10 Å². The van der Waals surface area contributed by atoms with Crippen molar-refractivity contribution in [2.24, 2.45) is 7.05 Å². The second-order valence-corrected chi connectivity index (χ2v) is 7.20. The van der Waals surface area contributed by atoms with Gasteiger partial charge in [0, 0.05) is 25.8 Å². The molecule has 2 aliphatic heterocycles. The van der Waals surface area contributed by atoms with E-state index in [1.807, 2.05) is 11.9 Å². The Bertz CT molecular complexity index is 626. The topological polar surface area (TPSA) is 70.5 Å². The SMILES string of the molecule is CC(C)N1CCCC2(CCCN2CC(=O)Nc2cnn(C)c2)C1=O. The van der Waals surface area contributed by atoms with Gasteiger partial charge in [-0.25, -0.2) is 0 Å². The highest BCUT2D eigenvalue weighted by Crippen LogP contribution is 2.38. The van der Waals surface area contributed by atoms with Crippen molar-refractivity contribution >= 4 is 17.5 Å². The zero-order valence-corrected chi connectivity index (χ0v) is 14.8. The Balaban J connectivity index is 1.70. The minimum Gasteiger partial charge on any atom is -0.339 e. The van der Waals surface area contributed by atoms with Gasteiger partial charge in [-0.05, 0) is 46.1 Å². The molecule has 0 aliphatic carbocycles. The third-order valence-electron chi connectivity index (χ3n) is 5.22. The number of likely N-dealkylation sites (tertiary alicyclic amines) is 2. The van der Waals surface area contributed by atoms with E-state index in [0.717, 1.165) is 38.8 Å². The van der Waals surface area contributed by atoms with Crippen molar-refractivity contribution in [3.05, 3.63) is 12.4 Å². The van der Waals surface area contributed by atoms with E-state index in [0.29, 0.717) is 5.69 Å². The number of rotatable bonds is 4. The smallest absolute Gasteiger partial charge is 0.243 e. The first-order chi connectivity index (χ1) is 11.4. The molecule has 0 radical (unpaired) electrons. The summed E-state index contributed by atoms with van der Waals surface area (Å²) in [5.41, 5.74) is 0.212. The lowest BCUT2D eigenvalue weighted by atomic mass is 9.84. The van der Waals surface area contributed by atoms with E-state index in [-0.39, 0.29) is 24.4 Å². The highest BCUT2D eigenvalue weighted by atomic mass is 16.2. The van der Waals surface area contributed by atoms with Crippen molar-refractivity contribution in [1.29, 1.82) is 0 Å². The number of amides is 2. The van der Waals surface area contributed by atoms with Gasteiger partial charge in [-0.3, -0.25) is 19.2 Å². The molecule has 1 atom stereocenters. The quantitative estimate of drug-likeness (QED) is 0.899. The molecular weight excluding hydrogens is 306 g/mol.